The van der Waals surface area contributed by atoms with Gasteiger partial charge in [-0.1, -0.05) is 30.9 Å². The number of hydrogen-bond acceptors (Lipinski definition) is 6. The quantitative estimate of drug-likeness (QED) is 0.258. The number of carbonyl (C=O) groups is 1. The molecule has 1 aliphatic rings. The van der Waals surface area contributed by atoms with Gasteiger partial charge >= 0.3 is 0 Å². The highest BCUT2D eigenvalue weighted by Crippen LogP contribution is 2.39. The van der Waals surface area contributed by atoms with Crippen LogP contribution in [0.5, 0.6) is 17.2 Å². The molecule has 3 aromatic carbocycles. The molecule has 1 unspecified atom stereocenters. The van der Waals surface area contributed by atoms with Crippen LogP contribution in [0.2, 0.25) is 0 Å². The van der Waals surface area contributed by atoms with Crippen LogP contribution in [0.15, 0.2) is 76.5 Å². The largest absolute Gasteiger partial charge is 0.493 e. The van der Waals surface area contributed by atoms with E-state index in [1.165, 1.54) is 0 Å². The van der Waals surface area contributed by atoms with Crippen LogP contribution in [0.25, 0.3) is 11.0 Å². The number of aryl methyl sites for hydroxylation is 2. The number of rotatable bonds is 9. The molecule has 0 bridgehead atoms. The second-order valence-corrected chi connectivity index (χ2v) is 9.62. The maximum Gasteiger partial charge on any atom is 0.290 e. The molecule has 1 amide bonds. The van der Waals surface area contributed by atoms with E-state index in [1.807, 2.05) is 68.4 Å². The van der Waals surface area contributed by atoms with Crippen molar-refractivity contribution in [2.75, 3.05) is 27.4 Å². The minimum atomic E-state index is -0.594. The van der Waals surface area contributed by atoms with Gasteiger partial charge in [0.15, 0.2) is 16.9 Å². The van der Waals surface area contributed by atoms with Crippen molar-refractivity contribution in [1.82, 2.24) is 4.90 Å². The Morgan fingerprint density at radius 2 is 1.67 bits per heavy atom. The molecule has 0 spiro atoms. The van der Waals surface area contributed by atoms with Crippen molar-refractivity contribution in [2.24, 2.45) is 0 Å². The minimum Gasteiger partial charge on any atom is -0.493 e. The lowest BCUT2D eigenvalue weighted by atomic mass is 9.97. The Bertz CT molecular complexity index is 1620. The monoisotopic (exact) mass is 525 g/mol. The maximum absolute atomic E-state index is 13.9. The van der Waals surface area contributed by atoms with Crippen molar-refractivity contribution < 1.29 is 23.4 Å². The lowest BCUT2D eigenvalue weighted by molar-refractivity contribution is 0.0730. The Morgan fingerprint density at radius 1 is 0.949 bits per heavy atom. The van der Waals surface area contributed by atoms with Gasteiger partial charge in [0.25, 0.3) is 5.91 Å². The highest BCUT2D eigenvalue weighted by molar-refractivity contribution is 5.99. The first kappa shape index (κ1) is 26.1. The van der Waals surface area contributed by atoms with Crippen molar-refractivity contribution in [2.45, 2.75) is 26.3 Å². The first-order chi connectivity index (χ1) is 18.9. The highest BCUT2D eigenvalue weighted by atomic mass is 16.5. The molecule has 0 aliphatic carbocycles. The molecule has 1 aromatic heterocycles. The van der Waals surface area contributed by atoms with Gasteiger partial charge in [0.05, 0.1) is 31.2 Å². The minimum absolute atomic E-state index is 0.0973. The molecule has 2 heterocycles. The van der Waals surface area contributed by atoms with Gasteiger partial charge in [0.1, 0.15) is 17.9 Å². The molecule has 0 N–H and O–H groups in total. The van der Waals surface area contributed by atoms with Gasteiger partial charge in [-0.3, -0.25) is 9.59 Å². The fourth-order valence-corrected chi connectivity index (χ4v) is 5.04. The Hall–Kier alpha value is -4.52. The van der Waals surface area contributed by atoms with Crippen LogP contribution in [-0.4, -0.2) is 38.2 Å². The summed E-state index contributed by atoms with van der Waals surface area (Å²) in [5, 5.41) is 0.474. The van der Waals surface area contributed by atoms with E-state index in [4.69, 9.17) is 18.6 Å². The summed E-state index contributed by atoms with van der Waals surface area (Å²) in [4.78, 5) is 29.4. The van der Waals surface area contributed by atoms with Gasteiger partial charge in [-0.25, -0.2) is 0 Å². The summed E-state index contributed by atoms with van der Waals surface area (Å²) >= 11 is 0. The first-order valence-corrected chi connectivity index (χ1v) is 12.8. The van der Waals surface area contributed by atoms with Crippen molar-refractivity contribution in [3.05, 3.63) is 111 Å². The van der Waals surface area contributed by atoms with Gasteiger partial charge in [0.2, 0.25) is 5.76 Å². The van der Waals surface area contributed by atoms with E-state index in [1.54, 1.807) is 25.2 Å². The van der Waals surface area contributed by atoms with Crippen LogP contribution in [-0.2, 0) is 6.42 Å². The number of methoxy groups -OCH3 is 2. The SMILES string of the molecule is C=CCOc1ccc(C2c3c(oc4cc(C)c(C)cc4c3=O)C(=O)N2CCc2ccc(OC)c(OC)c2)cc1. The molecule has 200 valence electrons. The number of fused-ring (bicyclic) bond motifs is 2. The summed E-state index contributed by atoms with van der Waals surface area (Å²) < 4.78 is 22.6. The fourth-order valence-electron chi connectivity index (χ4n) is 5.04. The van der Waals surface area contributed by atoms with Crippen LogP contribution < -0.4 is 19.6 Å². The number of hydrogen-bond donors (Lipinski definition) is 0. The summed E-state index contributed by atoms with van der Waals surface area (Å²) in [5.74, 6) is 1.72. The lowest BCUT2D eigenvalue weighted by Gasteiger charge is -2.25. The number of amides is 1. The van der Waals surface area contributed by atoms with Crippen LogP contribution in [0.3, 0.4) is 0 Å². The van der Waals surface area contributed by atoms with E-state index in [-0.39, 0.29) is 17.1 Å². The van der Waals surface area contributed by atoms with Crippen molar-refractivity contribution >= 4 is 16.9 Å². The van der Waals surface area contributed by atoms with Crippen molar-refractivity contribution in [3.63, 3.8) is 0 Å². The predicted octanol–water partition coefficient (Wildman–Crippen LogP) is 5.78. The average molecular weight is 526 g/mol. The van der Waals surface area contributed by atoms with E-state index in [0.717, 1.165) is 22.3 Å². The Morgan fingerprint density at radius 3 is 2.36 bits per heavy atom. The van der Waals surface area contributed by atoms with Gasteiger partial charge in [0, 0.05) is 6.54 Å². The van der Waals surface area contributed by atoms with Crippen LogP contribution >= 0.6 is 0 Å². The standard InChI is InChI=1S/C32H31NO6/c1-6-15-38-23-10-8-22(9-11-23)29-28-30(34)24-16-19(2)20(3)17-26(24)39-31(28)32(35)33(29)14-13-21-7-12-25(36-4)27(18-21)37-5/h6-12,16-18,29H,1,13-15H2,2-5H3. The molecule has 1 atom stereocenters. The zero-order valence-corrected chi connectivity index (χ0v) is 22.6. The number of carbonyl (C=O) groups excluding carboxylic acids is 1. The molecule has 39 heavy (non-hydrogen) atoms. The summed E-state index contributed by atoms with van der Waals surface area (Å²) in [7, 11) is 3.18. The van der Waals surface area contributed by atoms with Gasteiger partial charge in [-0.2, -0.15) is 0 Å². The third-order valence-electron chi connectivity index (χ3n) is 7.24. The Balaban J connectivity index is 1.58. The molecular formula is C32H31NO6. The van der Waals surface area contributed by atoms with Crippen LogP contribution in [0.4, 0.5) is 0 Å². The molecule has 7 nitrogen and oxygen atoms in total. The maximum atomic E-state index is 13.9. The summed E-state index contributed by atoms with van der Waals surface area (Å²) in [5.41, 5.74) is 4.35. The molecule has 0 saturated heterocycles. The highest BCUT2D eigenvalue weighted by Gasteiger charge is 2.42. The Kier molecular flexibility index (Phi) is 7.15. The zero-order chi connectivity index (χ0) is 27.7. The Labute approximate surface area is 227 Å². The smallest absolute Gasteiger partial charge is 0.290 e. The van der Waals surface area contributed by atoms with E-state index < -0.39 is 6.04 Å². The first-order valence-electron chi connectivity index (χ1n) is 12.8. The number of benzene rings is 3. The molecule has 0 saturated carbocycles. The second kappa shape index (κ2) is 10.7. The van der Waals surface area contributed by atoms with E-state index in [0.29, 0.717) is 53.4 Å². The van der Waals surface area contributed by atoms with Crippen molar-refractivity contribution in [1.29, 1.82) is 0 Å². The molecule has 5 rings (SSSR count). The molecular weight excluding hydrogens is 494 g/mol. The fraction of sp³-hybridized carbons (Fsp3) is 0.250. The summed E-state index contributed by atoms with van der Waals surface area (Å²) in [6.07, 6.45) is 2.22. The molecule has 4 aromatic rings. The third kappa shape index (κ3) is 4.76. The second-order valence-electron chi connectivity index (χ2n) is 9.62. The van der Waals surface area contributed by atoms with Gasteiger partial charge < -0.3 is 23.5 Å². The van der Waals surface area contributed by atoms with Gasteiger partial charge in [-0.05, 0) is 78.9 Å². The summed E-state index contributed by atoms with van der Waals surface area (Å²) in [6, 6.07) is 16.2. The molecule has 7 heteroatoms. The topological polar surface area (TPSA) is 78.2 Å². The van der Waals surface area contributed by atoms with Crippen molar-refractivity contribution in [3.8, 4) is 17.2 Å². The number of ether oxygens (including phenoxy) is 3. The van der Waals surface area contributed by atoms with Crippen LogP contribution in [0.1, 0.15) is 44.4 Å². The average Bonchev–Trinajstić information content (AvgIpc) is 3.23. The lowest BCUT2D eigenvalue weighted by Crippen LogP contribution is -2.31. The van der Waals surface area contributed by atoms with E-state index in [2.05, 4.69) is 6.58 Å². The van der Waals surface area contributed by atoms with E-state index in [9.17, 15) is 9.59 Å². The normalized spacial score (nSPS) is 14.4. The number of nitrogens with zero attached hydrogens (tertiary/aromatic N) is 1. The zero-order valence-electron chi connectivity index (χ0n) is 22.6. The predicted molar refractivity (Wildman–Crippen MR) is 150 cm³/mol. The van der Waals surface area contributed by atoms with E-state index >= 15 is 0 Å². The molecule has 0 fully saturated rings. The van der Waals surface area contributed by atoms with Crippen LogP contribution in [0, 0.1) is 13.8 Å². The molecule has 1 aliphatic heterocycles. The third-order valence-corrected chi connectivity index (χ3v) is 7.24. The molecule has 0 radical (unpaired) electrons. The van der Waals surface area contributed by atoms with Gasteiger partial charge in [-0.15, -0.1) is 0 Å². The summed E-state index contributed by atoms with van der Waals surface area (Å²) in [6.45, 7) is 8.35.